The van der Waals surface area contributed by atoms with E-state index in [1.807, 2.05) is 72.9 Å². The Hall–Kier alpha value is -4.17. The van der Waals surface area contributed by atoms with Crippen LogP contribution in [0.5, 0.6) is 0 Å². The molecule has 0 aliphatic rings. The lowest BCUT2D eigenvalue weighted by molar-refractivity contribution is -0.116. The third kappa shape index (κ3) is 8.18. The molecule has 0 saturated heterocycles. The Labute approximate surface area is 221 Å². The number of thiazole rings is 1. The maximum atomic E-state index is 12.3. The molecule has 1 heterocycles. The summed E-state index contributed by atoms with van der Waals surface area (Å²) >= 11 is 1.65. The van der Waals surface area contributed by atoms with E-state index in [0.29, 0.717) is 24.2 Å². The van der Waals surface area contributed by atoms with Crippen molar-refractivity contribution in [3.63, 3.8) is 0 Å². The number of hydrogen-bond acceptors (Lipinski definition) is 6. The van der Waals surface area contributed by atoms with Crippen LogP contribution < -0.4 is 21.7 Å². The number of nitrogens with zero attached hydrogens (tertiary/aromatic N) is 1. The fraction of sp³-hybridized carbons (Fsp3) is 0.207. The minimum Gasteiger partial charge on any atom is -0.397 e. The molecule has 37 heavy (non-hydrogen) atoms. The zero-order valence-electron chi connectivity index (χ0n) is 20.6. The lowest BCUT2D eigenvalue weighted by Crippen LogP contribution is -2.13. The number of carbonyl (C=O) groups is 2. The van der Waals surface area contributed by atoms with Gasteiger partial charge in [-0.2, -0.15) is 0 Å². The van der Waals surface area contributed by atoms with E-state index in [9.17, 15) is 9.59 Å². The van der Waals surface area contributed by atoms with E-state index in [4.69, 9.17) is 5.73 Å². The number of nitrogens with two attached hydrogens (primary N) is 1. The molecule has 0 aliphatic heterocycles. The molecule has 0 bridgehead atoms. The maximum Gasteiger partial charge on any atom is 0.224 e. The zero-order valence-corrected chi connectivity index (χ0v) is 21.4. The predicted molar refractivity (Wildman–Crippen MR) is 153 cm³/mol. The molecule has 8 heteroatoms. The monoisotopic (exact) mass is 513 g/mol. The Kier molecular flexibility index (Phi) is 9.26. The highest BCUT2D eigenvalue weighted by molar-refractivity contribution is 7.15. The van der Waals surface area contributed by atoms with Gasteiger partial charge in [0.15, 0.2) is 0 Å². The molecule has 0 fully saturated rings. The standard InChI is InChI=1S/C29H31N5O2S/c30-25-11-7-8-12-26(25)34-28(36)14-6-2-5-13-27(35)33-23-17-15-21(16-18-23)29-32-20-24(37-29)19-31-22-9-3-1-4-10-22/h1,3-4,7-12,15-18,20,31H,2,5-6,13-14,19,30H2,(H,33,35)(H,34,36). The second-order valence-corrected chi connectivity index (χ2v) is 9.79. The van der Waals surface area contributed by atoms with Gasteiger partial charge in [-0.05, 0) is 61.4 Å². The summed E-state index contributed by atoms with van der Waals surface area (Å²) < 4.78 is 0. The number of benzene rings is 3. The molecule has 0 saturated carbocycles. The van der Waals surface area contributed by atoms with Crippen molar-refractivity contribution < 1.29 is 9.59 Å². The van der Waals surface area contributed by atoms with Gasteiger partial charge < -0.3 is 21.7 Å². The van der Waals surface area contributed by atoms with Gasteiger partial charge in [0, 0.05) is 40.9 Å². The Morgan fingerprint density at radius 2 is 1.43 bits per heavy atom. The van der Waals surface area contributed by atoms with Gasteiger partial charge in [0.1, 0.15) is 5.01 Å². The van der Waals surface area contributed by atoms with E-state index < -0.39 is 0 Å². The Morgan fingerprint density at radius 3 is 2.16 bits per heavy atom. The molecule has 1 aromatic heterocycles. The Morgan fingerprint density at radius 1 is 0.757 bits per heavy atom. The number of nitrogen functional groups attached to an aromatic ring is 1. The second-order valence-electron chi connectivity index (χ2n) is 8.67. The first-order chi connectivity index (χ1) is 18.1. The summed E-state index contributed by atoms with van der Waals surface area (Å²) in [5.74, 6) is -0.0972. The molecule has 0 atom stereocenters. The molecular formula is C29H31N5O2S. The predicted octanol–water partition coefficient (Wildman–Crippen LogP) is 6.53. The summed E-state index contributed by atoms with van der Waals surface area (Å²) in [5.41, 5.74) is 9.89. The number of unbranched alkanes of at least 4 members (excludes halogenated alkanes) is 2. The van der Waals surface area contributed by atoms with E-state index in [2.05, 4.69) is 20.9 Å². The van der Waals surface area contributed by atoms with Crippen molar-refractivity contribution in [2.45, 2.75) is 38.6 Å². The first-order valence-electron chi connectivity index (χ1n) is 12.3. The summed E-state index contributed by atoms with van der Waals surface area (Å²) in [5, 5.41) is 10.1. The molecule has 0 radical (unpaired) electrons. The van der Waals surface area contributed by atoms with Crippen molar-refractivity contribution in [2.75, 3.05) is 21.7 Å². The third-order valence-electron chi connectivity index (χ3n) is 5.75. The van der Waals surface area contributed by atoms with Crippen molar-refractivity contribution in [1.29, 1.82) is 0 Å². The molecule has 0 unspecified atom stereocenters. The number of carbonyl (C=O) groups excluding carboxylic acids is 2. The first kappa shape index (κ1) is 25.9. The van der Waals surface area contributed by atoms with E-state index in [1.165, 1.54) is 0 Å². The van der Waals surface area contributed by atoms with Gasteiger partial charge in [-0.25, -0.2) is 4.98 Å². The van der Waals surface area contributed by atoms with Crippen molar-refractivity contribution in [2.24, 2.45) is 0 Å². The number of aromatic nitrogens is 1. The molecule has 0 spiro atoms. The largest absolute Gasteiger partial charge is 0.397 e. The van der Waals surface area contributed by atoms with Crippen molar-refractivity contribution >= 4 is 45.9 Å². The minimum absolute atomic E-state index is 0.0298. The molecule has 2 amide bonds. The summed E-state index contributed by atoms with van der Waals surface area (Å²) in [7, 11) is 0. The van der Waals surface area contributed by atoms with Crippen LogP contribution in [0.25, 0.3) is 10.6 Å². The van der Waals surface area contributed by atoms with E-state index in [-0.39, 0.29) is 11.8 Å². The SMILES string of the molecule is Nc1ccccc1NC(=O)CCCCCC(=O)Nc1ccc(-c2ncc(CNc3ccccc3)s2)cc1. The van der Waals surface area contributed by atoms with Crippen molar-refractivity contribution in [3.8, 4) is 10.6 Å². The number of para-hydroxylation sites is 3. The van der Waals surface area contributed by atoms with Crippen LogP contribution in [0.4, 0.5) is 22.7 Å². The highest BCUT2D eigenvalue weighted by Gasteiger charge is 2.08. The van der Waals surface area contributed by atoms with Gasteiger partial charge in [0.25, 0.3) is 0 Å². The van der Waals surface area contributed by atoms with Crippen molar-refractivity contribution in [1.82, 2.24) is 4.98 Å². The fourth-order valence-electron chi connectivity index (χ4n) is 3.76. The van der Waals surface area contributed by atoms with Crippen LogP contribution in [0.1, 0.15) is 37.0 Å². The Bertz CT molecular complexity index is 1310. The van der Waals surface area contributed by atoms with Gasteiger partial charge in [-0.15, -0.1) is 11.3 Å². The average molecular weight is 514 g/mol. The van der Waals surface area contributed by atoms with E-state index in [1.54, 1.807) is 23.5 Å². The smallest absolute Gasteiger partial charge is 0.224 e. The van der Waals surface area contributed by atoms with Crippen molar-refractivity contribution in [3.05, 3.63) is 89.9 Å². The van der Waals surface area contributed by atoms with Crippen LogP contribution in [-0.2, 0) is 16.1 Å². The first-order valence-corrected chi connectivity index (χ1v) is 13.2. The highest BCUT2D eigenvalue weighted by Crippen LogP contribution is 2.27. The van der Waals surface area contributed by atoms with Gasteiger partial charge in [-0.1, -0.05) is 36.8 Å². The van der Waals surface area contributed by atoms with Crippen LogP contribution in [0.3, 0.4) is 0 Å². The molecular weight excluding hydrogens is 482 g/mol. The van der Waals surface area contributed by atoms with Gasteiger partial charge >= 0.3 is 0 Å². The summed E-state index contributed by atoms with van der Waals surface area (Å²) in [6.07, 6.45) is 4.96. The van der Waals surface area contributed by atoms with E-state index in [0.717, 1.165) is 52.6 Å². The summed E-state index contributed by atoms with van der Waals surface area (Å²) in [4.78, 5) is 30.1. The normalized spacial score (nSPS) is 10.6. The third-order valence-corrected chi connectivity index (χ3v) is 6.80. The molecule has 0 aliphatic carbocycles. The highest BCUT2D eigenvalue weighted by atomic mass is 32.1. The second kappa shape index (κ2) is 13.2. The fourth-order valence-corrected chi connectivity index (χ4v) is 4.62. The van der Waals surface area contributed by atoms with Gasteiger partial charge in [0.2, 0.25) is 11.8 Å². The van der Waals surface area contributed by atoms with Crippen LogP contribution in [0.2, 0.25) is 0 Å². The Balaban J connectivity index is 1.14. The number of hydrogen-bond donors (Lipinski definition) is 4. The number of amides is 2. The maximum absolute atomic E-state index is 12.3. The molecule has 4 aromatic rings. The van der Waals surface area contributed by atoms with Crippen LogP contribution in [-0.4, -0.2) is 16.8 Å². The van der Waals surface area contributed by atoms with Gasteiger partial charge in [-0.3, -0.25) is 9.59 Å². The molecule has 4 rings (SSSR count). The molecule has 7 nitrogen and oxygen atoms in total. The van der Waals surface area contributed by atoms with Crippen LogP contribution >= 0.6 is 11.3 Å². The molecule has 3 aromatic carbocycles. The lowest BCUT2D eigenvalue weighted by atomic mass is 10.1. The molecule has 190 valence electrons. The topological polar surface area (TPSA) is 109 Å². The number of anilines is 4. The van der Waals surface area contributed by atoms with Crippen LogP contribution in [0.15, 0.2) is 85.1 Å². The number of nitrogens with one attached hydrogen (secondary N) is 3. The van der Waals surface area contributed by atoms with E-state index >= 15 is 0 Å². The van der Waals surface area contributed by atoms with Gasteiger partial charge in [0.05, 0.1) is 17.9 Å². The lowest BCUT2D eigenvalue weighted by Gasteiger charge is -2.08. The zero-order chi connectivity index (χ0) is 25.9. The van der Waals surface area contributed by atoms with Crippen LogP contribution in [0, 0.1) is 0 Å². The summed E-state index contributed by atoms with van der Waals surface area (Å²) in [6, 6.07) is 25.0. The molecule has 5 N–H and O–H groups in total. The minimum atomic E-state index is -0.0674. The quantitative estimate of drug-likeness (QED) is 0.127. The average Bonchev–Trinajstić information content (AvgIpc) is 3.39. The number of rotatable bonds is 12. The summed E-state index contributed by atoms with van der Waals surface area (Å²) in [6.45, 7) is 0.724.